The lowest BCUT2D eigenvalue weighted by Crippen LogP contribution is -2.70. The maximum atomic E-state index is 13.1. The van der Waals surface area contributed by atoms with Gasteiger partial charge in [-0.05, 0) is 18.6 Å². The fourth-order valence-electron chi connectivity index (χ4n) is 3.70. The number of carbonyl (C=O) groups excluding carboxylic acids is 1. The Morgan fingerprint density at radius 3 is 2.16 bits per heavy atom. The number of unbranched alkanes of at least 4 members (excludes halogenated alkanes) is 2. The molecule has 0 bridgehead atoms. The Hall–Kier alpha value is -1.95. The Labute approximate surface area is 180 Å². The standard InChI is InChI=1S/C21H32O10/c1-5-6-7-8-12(22)16-15(23)19(25)21(27,20(26)31-16)18(24)11-9-13(28-2)17(30-4)14(10-11)29-3/h9-10,12,15-16,19-20,22-23,25-27H,5-8H2,1-4H3/t12?,15-,16-,19+,20+,21-/m1/s1. The largest absolute Gasteiger partial charge is 0.493 e. The molecule has 0 aromatic heterocycles. The van der Waals surface area contributed by atoms with Gasteiger partial charge in [-0.25, -0.2) is 0 Å². The lowest BCUT2D eigenvalue weighted by atomic mass is 9.79. The summed E-state index contributed by atoms with van der Waals surface area (Å²) in [5, 5.41) is 52.7. The molecular weight excluding hydrogens is 412 g/mol. The minimum atomic E-state index is -2.90. The number of hydrogen-bond donors (Lipinski definition) is 5. The number of carbonyl (C=O) groups is 1. The molecule has 1 aliphatic rings. The fraction of sp³-hybridized carbons (Fsp3) is 0.667. The monoisotopic (exact) mass is 444 g/mol. The number of ether oxygens (including phenoxy) is 4. The summed E-state index contributed by atoms with van der Waals surface area (Å²) >= 11 is 0. The summed E-state index contributed by atoms with van der Waals surface area (Å²) in [6.07, 6.45) is -6.09. The molecule has 0 spiro atoms. The third-order valence-electron chi connectivity index (χ3n) is 5.55. The molecule has 1 aliphatic heterocycles. The van der Waals surface area contributed by atoms with Crippen LogP contribution in [0.25, 0.3) is 0 Å². The molecule has 1 saturated heterocycles. The van der Waals surface area contributed by atoms with Crippen molar-refractivity contribution in [2.24, 2.45) is 0 Å². The van der Waals surface area contributed by atoms with Crippen molar-refractivity contribution in [3.63, 3.8) is 0 Å². The molecule has 10 nitrogen and oxygen atoms in total. The highest BCUT2D eigenvalue weighted by molar-refractivity contribution is 6.04. The Morgan fingerprint density at radius 1 is 1.10 bits per heavy atom. The van der Waals surface area contributed by atoms with Crippen molar-refractivity contribution in [1.82, 2.24) is 0 Å². The number of Topliss-reactive ketones (excluding diaryl/α,β-unsaturated/α-hetero) is 1. The Kier molecular flexibility index (Phi) is 8.64. The van der Waals surface area contributed by atoms with Gasteiger partial charge in [0.25, 0.3) is 0 Å². The minimum Gasteiger partial charge on any atom is -0.493 e. The maximum Gasteiger partial charge on any atom is 0.207 e. The van der Waals surface area contributed by atoms with Gasteiger partial charge in [0.2, 0.25) is 17.1 Å². The van der Waals surface area contributed by atoms with E-state index >= 15 is 0 Å². The van der Waals surface area contributed by atoms with Gasteiger partial charge in [-0.1, -0.05) is 26.2 Å². The van der Waals surface area contributed by atoms with Crippen molar-refractivity contribution in [3.05, 3.63) is 17.7 Å². The molecule has 10 heteroatoms. The third-order valence-corrected chi connectivity index (χ3v) is 5.55. The van der Waals surface area contributed by atoms with Crippen LogP contribution in [0.4, 0.5) is 0 Å². The first-order chi connectivity index (χ1) is 14.7. The first kappa shape index (κ1) is 25.3. The second-order valence-electron chi connectivity index (χ2n) is 7.52. The molecule has 1 unspecified atom stereocenters. The van der Waals surface area contributed by atoms with Crippen LogP contribution >= 0.6 is 0 Å². The van der Waals surface area contributed by atoms with Crippen molar-refractivity contribution in [3.8, 4) is 17.2 Å². The highest BCUT2D eigenvalue weighted by Crippen LogP contribution is 2.41. The number of aliphatic hydroxyl groups is 5. The van der Waals surface area contributed by atoms with E-state index in [9.17, 15) is 30.3 Å². The normalized spacial score (nSPS) is 29.3. The fourth-order valence-corrected chi connectivity index (χ4v) is 3.70. The smallest absolute Gasteiger partial charge is 0.207 e. The van der Waals surface area contributed by atoms with E-state index < -0.39 is 42.1 Å². The molecule has 176 valence electrons. The summed E-state index contributed by atoms with van der Waals surface area (Å²) in [5.41, 5.74) is -3.09. The molecule has 0 aliphatic carbocycles. The molecule has 0 saturated carbocycles. The second kappa shape index (κ2) is 10.6. The van der Waals surface area contributed by atoms with Crippen LogP contribution in [0.3, 0.4) is 0 Å². The quantitative estimate of drug-likeness (QED) is 0.246. The van der Waals surface area contributed by atoms with Crippen LogP contribution in [0, 0.1) is 0 Å². The lowest BCUT2D eigenvalue weighted by molar-refractivity contribution is -0.319. The van der Waals surface area contributed by atoms with Gasteiger partial charge in [0, 0.05) is 5.56 Å². The number of aliphatic hydroxyl groups excluding tert-OH is 4. The molecule has 1 heterocycles. The van der Waals surface area contributed by atoms with Gasteiger partial charge in [-0.3, -0.25) is 4.79 Å². The highest BCUT2D eigenvalue weighted by atomic mass is 16.6. The van der Waals surface area contributed by atoms with Crippen LogP contribution in [0.15, 0.2) is 12.1 Å². The van der Waals surface area contributed by atoms with Gasteiger partial charge in [0.15, 0.2) is 17.8 Å². The molecule has 31 heavy (non-hydrogen) atoms. The Balaban J connectivity index is 2.35. The van der Waals surface area contributed by atoms with E-state index in [4.69, 9.17) is 18.9 Å². The molecule has 2 rings (SSSR count). The number of rotatable bonds is 10. The summed E-state index contributed by atoms with van der Waals surface area (Å²) in [7, 11) is 4.05. The van der Waals surface area contributed by atoms with Gasteiger partial charge < -0.3 is 44.5 Å². The predicted molar refractivity (Wildman–Crippen MR) is 108 cm³/mol. The zero-order valence-corrected chi connectivity index (χ0v) is 18.1. The van der Waals surface area contributed by atoms with Crippen molar-refractivity contribution >= 4 is 5.78 Å². The second-order valence-corrected chi connectivity index (χ2v) is 7.52. The predicted octanol–water partition coefficient (Wildman–Crippen LogP) is 0.00640. The van der Waals surface area contributed by atoms with Crippen molar-refractivity contribution in [2.75, 3.05) is 21.3 Å². The van der Waals surface area contributed by atoms with Gasteiger partial charge in [0.1, 0.15) is 18.3 Å². The zero-order chi connectivity index (χ0) is 23.3. The average molecular weight is 444 g/mol. The summed E-state index contributed by atoms with van der Waals surface area (Å²) < 4.78 is 20.8. The summed E-state index contributed by atoms with van der Waals surface area (Å²) in [6, 6.07) is 2.47. The van der Waals surface area contributed by atoms with Gasteiger partial charge in [0.05, 0.1) is 27.4 Å². The van der Waals surface area contributed by atoms with Crippen LogP contribution in [0.2, 0.25) is 0 Å². The molecule has 6 atom stereocenters. The maximum absolute atomic E-state index is 13.1. The average Bonchev–Trinajstić information content (AvgIpc) is 2.78. The molecule has 0 amide bonds. The lowest BCUT2D eigenvalue weighted by Gasteiger charge is -2.46. The Bertz CT molecular complexity index is 729. The van der Waals surface area contributed by atoms with E-state index in [0.29, 0.717) is 6.42 Å². The minimum absolute atomic E-state index is 0.110. The van der Waals surface area contributed by atoms with E-state index in [0.717, 1.165) is 12.8 Å². The molecule has 1 aromatic rings. The highest BCUT2D eigenvalue weighted by Gasteiger charge is 2.60. The van der Waals surface area contributed by atoms with Crippen molar-refractivity contribution in [2.45, 2.75) is 68.9 Å². The Morgan fingerprint density at radius 2 is 1.68 bits per heavy atom. The summed E-state index contributed by atoms with van der Waals surface area (Å²) in [6.45, 7) is 1.99. The topological polar surface area (TPSA) is 155 Å². The number of methoxy groups -OCH3 is 3. The van der Waals surface area contributed by atoms with E-state index in [-0.39, 0.29) is 29.2 Å². The molecule has 0 radical (unpaired) electrons. The van der Waals surface area contributed by atoms with Crippen LogP contribution in [-0.2, 0) is 4.74 Å². The summed E-state index contributed by atoms with van der Waals surface area (Å²) in [5.74, 6) is -0.715. The van der Waals surface area contributed by atoms with Gasteiger partial charge >= 0.3 is 0 Å². The van der Waals surface area contributed by atoms with E-state index in [1.807, 2.05) is 6.92 Å². The van der Waals surface area contributed by atoms with Gasteiger partial charge in [-0.15, -0.1) is 0 Å². The van der Waals surface area contributed by atoms with Crippen LogP contribution in [0.1, 0.15) is 43.0 Å². The number of ketones is 1. The van der Waals surface area contributed by atoms with E-state index in [1.165, 1.54) is 33.5 Å². The van der Waals surface area contributed by atoms with E-state index in [1.54, 1.807) is 0 Å². The van der Waals surface area contributed by atoms with Crippen LogP contribution in [-0.4, -0.2) is 89.0 Å². The van der Waals surface area contributed by atoms with Crippen molar-refractivity contribution in [1.29, 1.82) is 0 Å². The molecule has 1 fully saturated rings. The van der Waals surface area contributed by atoms with Crippen LogP contribution < -0.4 is 14.2 Å². The molecule has 5 N–H and O–H groups in total. The third kappa shape index (κ3) is 4.79. The first-order valence-corrected chi connectivity index (χ1v) is 10.1. The summed E-state index contributed by atoms with van der Waals surface area (Å²) in [4.78, 5) is 13.1. The van der Waals surface area contributed by atoms with Crippen LogP contribution in [0.5, 0.6) is 17.2 Å². The number of benzene rings is 1. The molecular formula is C21H32O10. The number of hydrogen-bond acceptors (Lipinski definition) is 10. The van der Waals surface area contributed by atoms with Crippen molar-refractivity contribution < 1.29 is 49.3 Å². The van der Waals surface area contributed by atoms with Gasteiger partial charge in [-0.2, -0.15) is 0 Å². The molecule has 1 aromatic carbocycles. The zero-order valence-electron chi connectivity index (χ0n) is 18.1. The first-order valence-electron chi connectivity index (χ1n) is 10.1. The van der Waals surface area contributed by atoms with E-state index in [2.05, 4.69) is 0 Å². The SMILES string of the molecule is CCCCCC(O)[C@H]1O[C@H](O)[C@@](O)(C(=O)c2cc(OC)c(OC)c(OC)c2)[C@@H](O)[C@@H]1O.